The maximum Gasteiger partial charge on any atom is 0.303 e. The molecule has 0 amide bonds. The van der Waals surface area contributed by atoms with E-state index in [9.17, 15) is 38.4 Å². The van der Waals surface area contributed by atoms with Crippen LogP contribution in [0.5, 0.6) is 0 Å². The van der Waals surface area contributed by atoms with E-state index in [1.807, 2.05) is 0 Å². The van der Waals surface area contributed by atoms with Crippen molar-refractivity contribution < 1.29 is 85.7 Å². The van der Waals surface area contributed by atoms with E-state index in [-0.39, 0.29) is 0 Å². The Kier molecular flexibility index (Phi) is 14.9. The normalized spacial score (nSPS) is 30.0. The van der Waals surface area contributed by atoms with E-state index in [0.717, 1.165) is 67.2 Å². The molecule has 2 saturated heterocycles. The summed E-state index contributed by atoms with van der Waals surface area (Å²) in [5.41, 5.74) is -1.29. The number of hydrogen-bond acceptors (Lipinski definition) is 19. The summed E-state index contributed by atoms with van der Waals surface area (Å²) >= 11 is 0.829. The van der Waals surface area contributed by atoms with Gasteiger partial charge in [0, 0.05) is 55.4 Å². The van der Waals surface area contributed by atoms with Gasteiger partial charge in [-0.3, -0.25) is 38.4 Å². The van der Waals surface area contributed by atoms with Crippen molar-refractivity contribution in [2.75, 3.05) is 13.2 Å². The number of carbonyl (C=O) groups excluding carboxylic acids is 8. The number of rotatable bonds is 12. The molecule has 0 aromatic rings. The third kappa shape index (κ3) is 12.3. The van der Waals surface area contributed by atoms with Gasteiger partial charge in [0.25, 0.3) is 0 Å². The quantitative estimate of drug-likeness (QED) is 0.192. The molecule has 0 aromatic carbocycles. The van der Waals surface area contributed by atoms with E-state index in [1.165, 1.54) is 0 Å². The van der Waals surface area contributed by atoms with Crippen molar-refractivity contribution in [3.05, 3.63) is 0 Å². The van der Waals surface area contributed by atoms with Crippen molar-refractivity contribution in [2.24, 2.45) is 0 Å². The van der Waals surface area contributed by atoms with Crippen LogP contribution in [0, 0.1) is 0 Å². The standard InChI is InChI=1S/C28H38O18S/c1-11(29)37-9-19-21(39-12(2)30)23(41-14(4)32)25(43-16(6)34)27(46-19)38-10-20-22(40-13(3)31)24(42-15(5)33)26(44-17(7)35)28(47-20)45-18(8)36/h19-28H,9-10H2,1-8H3/t19-,20-,21+,22-,23+,24+,25-,26-,27+,28-/m1/s1. The summed E-state index contributed by atoms with van der Waals surface area (Å²) in [7, 11) is 0. The van der Waals surface area contributed by atoms with Gasteiger partial charge in [0.05, 0.1) is 11.9 Å². The molecule has 2 aliphatic rings. The number of hydrogen-bond donors (Lipinski definition) is 0. The maximum absolute atomic E-state index is 12.2. The van der Waals surface area contributed by atoms with Crippen LogP contribution < -0.4 is 0 Å². The topological polar surface area (TPSA) is 229 Å². The van der Waals surface area contributed by atoms with Crippen molar-refractivity contribution in [3.63, 3.8) is 0 Å². The van der Waals surface area contributed by atoms with Gasteiger partial charge in [-0.15, -0.1) is 11.8 Å². The molecule has 19 heteroatoms. The molecule has 2 aliphatic heterocycles. The predicted octanol–water partition coefficient (Wildman–Crippen LogP) is -0.114. The first-order valence-electron chi connectivity index (χ1n) is 14.2. The molecule has 47 heavy (non-hydrogen) atoms. The highest BCUT2D eigenvalue weighted by Gasteiger charge is 2.55. The van der Waals surface area contributed by atoms with Crippen molar-refractivity contribution in [2.45, 2.75) is 115 Å². The second-order valence-corrected chi connectivity index (χ2v) is 11.6. The summed E-state index contributed by atoms with van der Waals surface area (Å²) in [5, 5.41) is -1.05. The van der Waals surface area contributed by atoms with Crippen molar-refractivity contribution >= 4 is 59.5 Å². The molecule has 0 N–H and O–H groups in total. The van der Waals surface area contributed by atoms with Crippen LogP contribution in [0.1, 0.15) is 55.4 Å². The highest BCUT2D eigenvalue weighted by molar-refractivity contribution is 8.00. The van der Waals surface area contributed by atoms with Gasteiger partial charge in [-0.1, -0.05) is 0 Å². The van der Waals surface area contributed by atoms with Gasteiger partial charge in [0.1, 0.15) is 12.7 Å². The fraction of sp³-hybridized carbons (Fsp3) is 0.714. The summed E-state index contributed by atoms with van der Waals surface area (Å²) in [6.45, 7) is 7.56. The minimum atomic E-state index is -1.61. The lowest BCUT2D eigenvalue weighted by Crippen LogP contribution is -2.63. The van der Waals surface area contributed by atoms with Crippen molar-refractivity contribution in [3.8, 4) is 0 Å². The van der Waals surface area contributed by atoms with Crippen LogP contribution in [0.4, 0.5) is 0 Å². The van der Waals surface area contributed by atoms with E-state index in [0.29, 0.717) is 0 Å². The SMILES string of the molecule is CC(=O)OC[C@H]1O[C@H](OC[C@H]2S[C@@H](OC(C)=O)[C@H](OC(C)=O)[C@@H](OC(C)=O)[C@@H]2OC(C)=O)[C@H](OC(C)=O)[C@@H](OC(C)=O)[C@H]1OC(C)=O. The molecule has 2 fully saturated rings. The summed E-state index contributed by atoms with van der Waals surface area (Å²) in [6.07, 6.45) is -11.8. The second-order valence-electron chi connectivity index (χ2n) is 10.3. The monoisotopic (exact) mass is 694 g/mol. The first-order chi connectivity index (χ1) is 21.9. The van der Waals surface area contributed by atoms with Crippen molar-refractivity contribution in [1.82, 2.24) is 0 Å². The van der Waals surface area contributed by atoms with Crippen LogP contribution >= 0.6 is 11.8 Å². The molecule has 0 saturated carbocycles. The van der Waals surface area contributed by atoms with E-state index < -0.39 is 121 Å². The minimum absolute atomic E-state index is 0.487. The maximum atomic E-state index is 12.2. The molecule has 264 valence electrons. The molecule has 0 bridgehead atoms. The van der Waals surface area contributed by atoms with Crippen LogP contribution in [-0.2, 0) is 85.7 Å². The fourth-order valence-corrected chi connectivity index (χ4v) is 6.18. The molecular formula is C28H38O18S. The Labute approximate surface area is 273 Å². The summed E-state index contributed by atoms with van der Waals surface area (Å²) in [5.74, 6) is -6.57. The Hall–Kier alpha value is -3.97. The summed E-state index contributed by atoms with van der Waals surface area (Å²) < 4.78 is 54.7. The third-order valence-electron chi connectivity index (χ3n) is 6.15. The molecule has 18 nitrogen and oxygen atoms in total. The zero-order valence-electron chi connectivity index (χ0n) is 26.9. The first-order valence-corrected chi connectivity index (χ1v) is 15.1. The number of esters is 8. The fourth-order valence-electron chi connectivity index (χ4n) is 4.76. The minimum Gasteiger partial charge on any atom is -0.463 e. The summed E-state index contributed by atoms with van der Waals surface area (Å²) in [4.78, 5) is 96.1. The van der Waals surface area contributed by atoms with E-state index in [1.54, 1.807) is 0 Å². The van der Waals surface area contributed by atoms with Gasteiger partial charge in [-0.2, -0.15) is 0 Å². The molecule has 0 aliphatic carbocycles. The zero-order valence-corrected chi connectivity index (χ0v) is 27.8. The molecule has 2 heterocycles. The van der Waals surface area contributed by atoms with Crippen LogP contribution in [0.2, 0.25) is 0 Å². The Bertz CT molecular complexity index is 1200. The zero-order chi connectivity index (χ0) is 35.6. The van der Waals surface area contributed by atoms with E-state index >= 15 is 0 Å². The van der Waals surface area contributed by atoms with Crippen LogP contribution in [-0.4, -0.2) is 121 Å². The first kappa shape index (κ1) is 39.2. The van der Waals surface area contributed by atoms with Gasteiger partial charge >= 0.3 is 47.8 Å². The lowest BCUT2D eigenvalue weighted by atomic mass is 9.98. The summed E-state index contributed by atoms with van der Waals surface area (Å²) in [6, 6.07) is 0. The predicted molar refractivity (Wildman–Crippen MR) is 152 cm³/mol. The lowest BCUT2D eigenvalue weighted by Gasteiger charge is -2.46. The van der Waals surface area contributed by atoms with Gasteiger partial charge < -0.3 is 47.4 Å². The molecule has 0 unspecified atom stereocenters. The van der Waals surface area contributed by atoms with E-state index in [2.05, 4.69) is 0 Å². The van der Waals surface area contributed by atoms with Crippen LogP contribution in [0.3, 0.4) is 0 Å². The molecule has 10 atom stereocenters. The van der Waals surface area contributed by atoms with Gasteiger partial charge in [0.2, 0.25) is 0 Å². The highest BCUT2D eigenvalue weighted by atomic mass is 32.2. The van der Waals surface area contributed by atoms with Crippen LogP contribution in [0.25, 0.3) is 0 Å². The Morgan fingerprint density at radius 1 is 0.468 bits per heavy atom. The number of thioether (sulfide) groups is 1. The second kappa shape index (κ2) is 17.8. The van der Waals surface area contributed by atoms with Gasteiger partial charge in [-0.25, -0.2) is 0 Å². The Balaban J connectivity index is 2.56. The molecule has 0 radical (unpaired) electrons. The molecule has 0 spiro atoms. The van der Waals surface area contributed by atoms with E-state index in [4.69, 9.17) is 47.4 Å². The largest absolute Gasteiger partial charge is 0.463 e. The Morgan fingerprint density at radius 3 is 1.34 bits per heavy atom. The smallest absolute Gasteiger partial charge is 0.303 e. The average molecular weight is 695 g/mol. The molecule has 2 rings (SSSR count). The highest BCUT2D eigenvalue weighted by Crippen LogP contribution is 2.40. The molecular weight excluding hydrogens is 656 g/mol. The number of ether oxygens (including phenoxy) is 10. The number of carbonyl (C=O) groups is 8. The third-order valence-corrected chi connectivity index (χ3v) is 7.54. The van der Waals surface area contributed by atoms with Gasteiger partial charge in [0.15, 0.2) is 48.3 Å². The average Bonchev–Trinajstić information content (AvgIpc) is 2.91. The molecule has 0 aromatic heterocycles. The van der Waals surface area contributed by atoms with Gasteiger partial charge in [-0.05, 0) is 0 Å². The van der Waals surface area contributed by atoms with Crippen LogP contribution in [0.15, 0.2) is 0 Å². The Morgan fingerprint density at radius 2 is 0.872 bits per heavy atom. The van der Waals surface area contributed by atoms with Crippen molar-refractivity contribution in [1.29, 1.82) is 0 Å². The lowest BCUT2D eigenvalue weighted by molar-refractivity contribution is -0.308.